The number of nitriles is 1. The lowest BCUT2D eigenvalue weighted by Gasteiger charge is -2.14. The van der Waals surface area contributed by atoms with Crippen LogP contribution in [0.3, 0.4) is 0 Å². The Bertz CT molecular complexity index is 885. The van der Waals surface area contributed by atoms with Crippen LogP contribution in [0, 0.1) is 21.4 Å². The maximum absolute atomic E-state index is 12.4. The second-order valence-corrected chi connectivity index (χ2v) is 5.46. The van der Waals surface area contributed by atoms with Gasteiger partial charge < -0.3 is 10.1 Å². The van der Waals surface area contributed by atoms with Gasteiger partial charge in [-0.1, -0.05) is 30.3 Å². The number of nitrogens with zero attached hydrogens (tertiary/aromatic N) is 2. The van der Waals surface area contributed by atoms with Gasteiger partial charge >= 0.3 is 0 Å². The van der Waals surface area contributed by atoms with Crippen molar-refractivity contribution >= 4 is 17.7 Å². The highest BCUT2D eigenvalue weighted by Crippen LogP contribution is 2.26. The zero-order valence-corrected chi connectivity index (χ0v) is 14.3. The number of nitro groups is 1. The Kier molecular flexibility index (Phi) is 6.06. The van der Waals surface area contributed by atoms with Crippen LogP contribution in [-0.2, 0) is 4.79 Å². The molecule has 0 aromatic heterocycles. The monoisotopic (exact) mass is 351 g/mol. The number of hydrogen-bond acceptors (Lipinski definition) is 5. The summed E-state index contributed by atoms with van der Waals surface area (Å²) in [5, 5.41) is 23.0. The van der Waals surface area contributed by atoms with Crippen molar-refractivity contribution in [3.05, 3.63) is 75.3 Å². The maximum Gasteiger partial charge on any atom is 0.270 e. The van der Waals surface area contributed by atoms with E-state index in [2.05, 4.69) is 5.32 Å². The molecule has 0 saturated heterocycles. The van der Waals surface area contributed by atoms with Gasteiger partial charge in [-0.3, -0.25) is 14.9 Å². The molecule has 0 aliphatic carbocycles. The molecule has 2 rings (SSSR count). The van der Waals surface area contributed by atoms with Crippen molar-refractivity contribution in [1.29, 1.82) is 5.26 Å². The number of nitro benzene ring substituents is 1. The Balaban J connectivity index is 2.30. The number of ether oxygens (including phenoxy) is 1. The lowest BCUT2D eigenvalue weighted by Crippen LogP contribution is -2.27. The topological polar surface area (TPSA) is 105 Å². The minimum absolute atomic E-state index is 0.160. The molecule has 7 nitrogen and oxygen atoms in total. The first-order valence-electron chi connectivity index (χ1n) is 7.76. The summed E-state index contributed by atoms with van der Waals surface area (Å²) in [7, 11) is 1.40. The van der Waals surface area contributed by atoms with E-state index >= 15 is 0 Å². The molecular formula is C19H17N3O4. The van der Waals surface area contributed by atoms with Crippen molar-refractivity contribution < 1.29 is 14.5 Å². The van der Waals surface area contributed by atoms with Crippen molar-refractivity contribution in [2.45, 2.75) is 13.0 Å². The van der Waals surface area contributed by atoms with Gasteiger partial charge in [0.2, 0.25) is 0 Å². The Morgan fingerprint density at radius 1 is 1.31 bits per heavy atom. The van der Waals surface area contributed by atoms with Crippen molar-refractivity contribution in [3.8, 4) is 11.8 Å². The molecule has 2 aromatic carbocycles. The molecule has 0 aliphatic heterocycles. The number of non-ortho nitro benzene ring substituents is 1. The molecule has 0 fully saturated rings. The number of amides is 1. The van der Waals surface area contributed by atoms with E-state index in [9.17, 15) is 20.2 Å². The van der Waals surface area contributed by atoms with Crippen molar-refractivity contribution in [2.75, 3.05) is 7.11 Å². The van der Waals surface area contributed by atoms with Gasteiger partial charge in [0.25, 0.3) is 11.6 Å². The first-order valence-corrected chi connectivity index (χ1v) is 7.76. The van der Waals surface area contributed by atoms with Crippen LogP contribution in [0.4, 0.5) is 5.69 Å². The quantitative estimate of drug-likeness (QED) is 0.372. The van der Waals surface area contributed by atoms with Gasteiger partial charge in [-0.15, -0.1) is 0 Å². The summed E-state index contributed by atoms with van der Waals surface area (Å²) >= 11 is 0. The third kappa shape index (κ3) is 4.45. The van der Waals surface area contributed by atoms with Gasteiger partial charge in [-0.25, -0.2) is 0 Å². The minimum Gasteiger partial charge on any atom is -0.496 e. The number of benzene rings is 2. The number of hydrogen-bond donors (Lipinski definition) is 1. The van der Waals surface area contributed by atoms with Crippen LogP contribution in [0.1, 0.15) is 24.1 Å². The van der Waals surface area contributed by atoms with Gasteiger partial charge in [-0.2, -0.15) is 5.26 Å². The SMILES string of the molecule is COc1ccc([N+](=O)[O-])cc1/C=C(/C#N)C(=O)N[C@@H](C)c1ccccc1. The smallest absolute Gasteiger partial charge is 0.270 e. The molecule has 7 heteroatoms. The summed E-state index contributed by atoms with van der Waals surface area (Å²) in [5.74, 6) is -0.246. The predicted octanol–water partition coefficient (Wildman–Crippen LogP) is 3.39. The lowest BCUT2D eigenvalue weighted by atomic mass is 10.1. The maximum atomic E-state index is 12.4. The van der Waals surface area contributed by atoms with Gasteiger partial charge in [0.05, 0.1) is 18.1 Å². The van der Waals surface area contributed by atoms with E-state index in [0.29, 0.717) is 5.75 Å². The standard InChI is InChI=1S/C19H17N3O4/c1-13(14-6-4-3-5-7-14)21-19(23)16(12-20)10-15-11-17(22(24)25)8-9-18(15)26-2/h3-11,13H,1-2H3,(H,21,23)/b16-10-/t13-/m0/s1. The van der Waals surface area contributed by atoms with Crippen LogP contribution in [0.15, 0.2) is 54.1 Å². The summed E-state index contributed by atoms with van der Waals surface area (Å²) in [6.07, 6.45) is 1.28. The highest BCUT2D eigenvalue weighted by atomic mass is 16.6. The van der Waals surface area contributed by atoms with E-state index in [0.717, 1.165) is 5.56 Å². The van der Waals surface area contributed by atoms with Gasteiger partial charge in [0.1, 0.15) is 17.4 Å². The fraction of sp³-hybridized carbons (Fsp3) is 0.158. The molecule has 132 valence electrons. The molecule has 0 aliphatic rings. The Morgan fingerprint density at radius 2 is 2.00 bits per heavy atom. The van der Waals surface area contributed by atoms with E-state index in [1.807, 2.05) is 36.4 Å². The summed E-state index contributed by atoms with van der Waals surface area (Å²) in [4.78, 5) is 22.8. The zero-order valence-electron chi connectivity index (χ0n) is 14.3. The fourth-order valence-electron chi connectivity index (χ4n) is 2.35. The van der Waals surface area contributed by atoms with E-state index < -0.39 is 10.8 Å². The summed E-state index contributed by atoms with van der Waals surface area (Å²) in [6.45, 7) is 1.80. The van der Waals surface area contributed by atoms with Crippen LogP contribution < -0.4 is 10.1 Å². The predicted molar refractivity (Wildman–Crippen MR) is 96.2 cm³/mol. The number of rotatable bonds is 6. The Hall–Kier alpha value is -3.66. The van der Waals surface area contributed by atoms with Crippen molar-refractivity contribution in [3.63, 3.8) is 0 Å². The third-order valence-electron chi connectivity index (χ3n) is 3.74. The summed E-state index contributed by atoms with van der Waals surface area (Å²) in [6, 6.07) is 14.8. The molecule has 0 bridgehead atoms. The van der Waals surface area contributed by atoms with Crippen LogP contribution in [-0.4, -0.2) is 17.9 Å². The molecule has 1 atom stereocenters. The Morgan fingerprint density at radius 3 is 2.58 bits per heavy atom. The first-order chi connectivity index (χ1) is 12.5. The first kappa shape index (κ1) is 18.7. The molecule has 0 saturated carbocycles. The number of carbonyl (C=O) groups is 1. The third-order valence-corrected chi connectivity index (χ3v) is 3.74. The van der Waals surface area contributed by atoms with E-state index in [-0.39, 0.29) is 22.9 Å². The van der Waals surface area contributed by atoms with Crippen molar-refractivity contribution in [1.82, 2.24) is 5.32 Å². The van der Waals surface area contributed by atoms with Crippen LogP contribution in [0.5, 0.6) is 5.75 Å². The van der Waals surface area contributed by atoms with Crippen LogP contribution in [0.25, 0.3) is 6.08 Å². The van der Waals surface area contributed by atoms with E-state index in [4.69, 9.17) is 4.74 Å². The Labute approximate surface area is 150 Å². The molecule has 1 amide bonds. The highest BCUT2D eigenvalue weighted by Gasteiger charge is 2.16. The minimum atomic E-state index is -0.572. The van der Waals surface area contributed by atoms with E-state index in [1.165, 1.54) is 31.4 Å². The van der Waals surface area contributed by atoms with Gasteiger partial charge in [0, 0.05) is 17.7 Å². The molecular weight excluding hydrogens is 334 g/mol. The summed E-state index contributed by atoms with van der Waals surface area (Å²) in [5.41, 5.74) is 0.839. The van der Waals surface area contributed by atoms with Crippen LogP contribution >= 0.6 is 0 Å². The molecule has 0 spiro atoms. The molecule has 0 radical (unpaired) electrons. The second kappa shape index (κ2) is 8.44. The largest absolute Gasteiger partial charge is 0.496 e. The second-order valence-electron chi connectivity index (χ2n) is 5.46. The average molecular weight is 351 g/mol. The highest BCUT2D eigenvalue weighted by molar-refractivity contribution is 6.02. The molecule has 0 heterocycles. The fourth-order valence-corrected chi connectivity index (χ4v) is 2.35. The summed E-state index contributed by atoms with van der Waals surface area (Å²) < 4.78 is 5.15. The molecule has 0 unspecified atom stereocenters. The normalized spacial score (nSPS) is 12.0. The number of methoxy groups -OCH3 is 1. The van der Waals surface area contributed by atoms with Gasteiger partial charge in [-0.05, 0) is 24.6 Å². The van der Waals surface area contributed by atoms with E-state index in [1.54, 1.807) is 6.92 Å². The van der Waals surface area contributed by atoms with Gasteiger partial charge in [0.15, 0.2) is 0 Å². The average Bonchev–Trinajstić information content (AvgIpc) is 2.66. The lowest BCUT2D eigenvalue weighted by molar-refractivity contribution is -0.384. The van der Waals surface area contributed by atoms with Crippen LogP contribution in [0.2, 0.25) is 0 Å². The number of nitrogens with one attached hydrogen (secondary N) is 1. The molecule has 26 heavy (non-hydrogen) atoms. The number of carbonyl (C=O) groups excluding carboxylic acids is 1. The molecule has 1 N–H and O–H groups in total. The zero-order chi connectivity index (χ0) is 19.1. The molecule has 2 aromatic rings. The van der Waals surface area contributed by atoms with Crippen molar-refractivity contribution in [2.24, 2.45) is 0 Å².